The van der Waals surface area contributed by atoms with Crippen molar-refractivity contribution in [3.63, 3.8) is 0 Å². The molecule has 0 spiro atoms. The van der Waals surface area contributed by atoms with Crippen molar-refractivity contribution in [1.29, 1.82) is 0 Å². The highest BCUT2D eigenvalue weighted by molar-refractivity contribution is 7.99. The van der Waals surface area contributed by atoms with E-state index in [-0.39, 0.29) is 11.6 Å². The number of carbonyl (C=O) groups is 1. The lowest BCUT2D eigenvalue weighted by Gasteiger charge is -2.10. The molecule has 0 aliphatic rings. The van der Waals surface area contributed by atoms with Gasteiger partial charge in [-0.2, -0.15) is 4.98 Å². The van der Waals surface area contributed by atoms with E-state index in [1.54, 1.807) is 22.9 Å². The number of carboxylic acids is 1. The van der Waals surface area contributed by atoms with Gasteiger partial charge in [0.05, 0.1) is 5.75 Å². The first-order valence-corrected chi connectivity index (χ1v) is 7.19. The van der Waals surface area contributed by atoms with Crippen LogP contribution in [0, 0.1) is 5.82 Å². The van der Waals surface area contributed by atoms with Gasteiger partial charge in [0.2, 0.25) is 0 Å². The van der Waals surface area contributed by atoms with E-state index in [0.717, 1.165) is 17.3 Å². The molecule has 0 atom stereocenters. The van der Waals surface area contributed by atoms with Crippen molar-refractivity contribution >= 4 is 17.7 Å². The molecule has 0 unspecified atom stereocenters. The maximum atomic E-state index is 12.8. The number of aliphatic carboxylic acids is 1. The number of hydrogen-bond acceptors (Lipinski definition) is 4. The van der Waals surface area contributed by atoms with Gasteiger partial charge in [-0.15, -0.1) is 0 Å². The summed E-state index contributed by atoms with van der Waals surface area (Å²) in [4.78, 5) is 25.7. The Balaban J connectivity index is 2.09. The summed E-state index contributed by atoms with van der Waals surface area (Å²) < 4.78 is 14.5. The molecule has 0 amide bonds. The van der Waals surface area contributed by atoms with Crippen LogP contribution in [-0.4, -0.2) is 26.4 Å². The molecule has 0 bridgehead atoms. The van der Waals surface area contributed by atoms with E-state index < -0.39 is 11.5 Å². The minimum Gasteiger partial charge on any atom is -0.481 e. The fraction of sp³-hybridized carbons (Fsp3) is 0.214. The van der Waals surface area contributed by atoms with Gasteiger partial charge in [0.25, 0.3) is 5.56 Å². The number of aromatic nitrogens is 2. The fourth-order valence-electron chi connectivity index (χ4n) is 1.73. The average molecular weight is 308 g/mol. The lowest BCUT2D eigenvalue weighted by molar-refractivity contribution is -0.133. The number of halogens is 1. The molecule has 5 nitrogen and oxygen atoms in total. The highest BCUT2D eigenvalue weighted by Crippen LogP contribution is 2.14. The summed E-state index contributed by atoms with van der Waals surface area (Å²) in [6.07, 6.45) is 2.22. The zero-order valence-electron chi connectivity index (χ0n) is 11.0. The Bertz CT molecular complexity index is 685. The lowest BCUT2D eigenvalue weighted by Crippen LogP contribution is -2.15. The van der Waals surface area contributed by atoms with Gasteiger partial charge in [0.15, 0.2) is 5.16 Å². The lowest BCUT2D eigenvalue weighted by atomic mass is 10.1. The van der Waals surface area contributed by atoms with Crippen LogP contribution in [0.4, 0.5) is 4.39 Å². The maximum absolute atomic E-state index is 12.8. The number of aryl methyl sites for hydroxylation is 2. The largest absolute Gasteiger partial charge is 0.481 e. The Morgan fingerprint density at radius 3 is 2.67 bits per heavy atom. The van der Waals surface area contributed by atoms with Crippen LogP contribution in [0.15, 0.2) is 46.5 Å². The third kappa shape index (κ3) is 4.71. The number of nitrogens with zero attached hydrogens (tertiary/aromatic N) is 2. The first-order valence-electron chi connectivity index (χ1n) is 6.21. The van der Waals surface area contributed by atoms with Crippen molar-refractivity contribution in [2.75, 3.05) is 5.75 Å². The predicted octanol–water partition coefficient (Wildman–Crippen LogP) is 1.80. The molecule has 1 aromatic heterocycles. The molecule has 110 valence electrons. The number of benzene rings is 1. The SMILES string of the molecule is O=C(O)CSc1nc(=O)ccn1CCc1ccc(F)cc1. The van der Waals surface area contributed by atoms with Gasteiger partial charge in [-0.3, -0.25) is 9.59 Å². The molecule has 0 aliphatic carbocycles. The topological polar surface area (TPSA) is 72.2 Å². The molecule has 1 N–H and O–H groups in total. The van der Waals surface area contributed by atoms with E-state index in [4.69, 9.17) is 5.11 Å². The van der Waals surface area contributed by atoms with Crippen LogP contribution in [0.5, 0.6) is 0 Å². The van der Waals surface area contributed by atoms with E-state index in [1.807, 2.05) is 0 Å². The number of thioether (sulfide) groups is 1. The molecule has 0 fully saturated rings. The summed E-state index contributed by atoms with van der Waals surface area (Å²) in [6, 6.07) is 7.48. The summed E-state index contributed by atoms with van der Waals surface area (Å²) in [7, 11) is 0. The monoisotopic (exact) mass is 308 g/mol. The van der Waals surface area contributed by atoms with Gasteiger partial charge in [-0.05, 0) is 24.1 Å². The highest BCUT2D eigenvalue weighted by Gasteiger charge is 2.07. The second kappa shape index (κ2) is 7.03. The quantitative estimate of drug-likeness (QED) is 0.651. The Kier molecular flexibility index (Phi) is 5.10. The van der Waals surface area contributed by atoms with Crippen molar-refractivity contribution < 1.29 is 14.3 Å². The van der Waals surface area contributed by atoms with E-state index in [9.17, 15) is 14.0 Å². The van der Waals surface area contributed by atoms with Crippen molar-refractivity contribution in [1.82, 2.24) is 9.55 Å². The van der Waals surface area contributed by atoms with Gasteiger partial charge in [0.1, 0.15) is 5.82 Å². The van der Waals surface area contributed by atoms with E-state index in [0.29, 0.717) is 18.1 Å². The van der Waals surface area contributed by atoms with Crippen LogP contribution >= 0.6 is 11.8 Å². The summed E-state index contributed by atoms with van der Waals surface area (Å²) in [6.45, 7) is 0.529. The molecule has 0 aliphatic heterocycles. The van der Waals surface area contributed by atoms with Crippen LogP contribution < -0.4 is 5.56 Å². The molecule has 0 saturated carbocycles. The summed E-state index contributed by atoms with van der Waals surface area (Å²) >= 11 is 0.999. The maximum Gasteiger partial charge on any atom is 0.313 e. The van der Waals surface area contributed by atoms with Gasteiger partial charge >= 0.3 is 5.97 Å². The Morgan fingerprint density at radius 1 is 1.29 bits per heavy atom. The molecule has 2 aromatic rings. The molecule has 21 heavy (non-hydrogen) atoms. The zero-order chi connectivity index (χ0) is 15.2. The van der Waals surface area contributed by atoms with E-state index in [1.165, 1.54) is 18.2 Å². The van der Waals surface area contributed by atoms with E-state index >= 15 is 0 Å². The summed E-state index contributed by atoms with van der Waals surface area (Å²) in [5.74, 6) is -1.42. The van der Waals surface area contributed by atoms with Gasteiger partial charge in [-0.25, -0.2) is 4.39 Å². The Labute approximate surface area is 124 Å². The Morgan fingerprint density at radius 2 is 2.00 bits per heavy atom. The predicted molar refractivity (Wildman–Crippen MR) is 77.0 cm³/mol. The van der Waals surface area contributed by atoms with Crippen LogP contribution in [0.2, 0.25) is 0 Å². The Hall–Kier alpha value is -2.15. The third-order valence-corrected chi connectivity index (χ3v) is 3.70. The van der Waals surface area contributed by atoms with Crippen LogP contribution in [-0.2, 0) is 17.8 Å². The fourth-order valence-corrected chi connectivity index (χ4v) is 2.45. The second-order valence-electron chi connectivity index (χ2n) is 4.30. The van der Waals surface area contributed by atoms with Crippen LogP contribution in [0.25, 0.3) is 0 Å². The van der Waals surface area contributed by atoms with Gasteiger partial charge in [0, 0.05) is 18.8 Å². The first kappa shape index (κ1) is 15.2. The molecule has 1 heterocycles. The van der Waals surface area contributed by atoms with Crippen molar-refractivity contribution in [2.24, 2.45) is 0 Å². The molecule has 2 rings (SSSR count). The number of carboxylic acid groups (broad SMARTS) is 1. The van der Waals surface area contributed by atoms with Crippen LogP contribution in [0.3, 0.4) is 0 Å². The number of rotatable bonds is 6. The minimum atomic E-state index is -0.969. The highest BCUT2D eigenvalue weighted by atomic mass is 32.2. The third-order valence-electron chi connectivity index (χ3n) is 2.73. The molecule has 1 aromatic carbocycles. The number of hydrogen-bond donors (Lipinski definition) is 1. The second-order valence-corrected chi connectivity index (χ2v) is 5.24. The molecule has 0 saturated heterocycles. The normalized spacial score (nSPS) is 10.5. The first-order chi connectivity index (χ1) is 10.0. The molecular weight excluding hydrogens is 295 g/mol. The van der Waals surface area contributed by atoms with Crippen LogP contribution in [0.1, 0.15) is 5.56 Å². The van der Waals surface area contributed by atoms with Gasteiger partial charge < -0.3 is 9.67 Å². The zero-order valence-corrected chi connectivity index (χ0v) is 11.8. The minimum absolute atomic E-state index is 0.160. The molecule has 7 heteroatoms. The van der Waals surface area contributed by atoms with Crippen molar-refractivity contribution in [2.45, 2.75) is 18.1 Å². The van der Waals surface area contributed by atoms with Crippen molar-refractivity contribution in [3.8, 4) is 0 Å². The molecule has 0 radical (unpaired) electrons. The van der Waals surface area contributed by atoms with E-state index in [2.05, 4.69) is 4.98 Å². The van der Waals surface area contributed by atoms with Gasteiger partial charge in [-0.1, -0.05) is 23.9 Å². The standard InChI is InChI=1S/C14H13FN2O3S/c15-11-3-1-10(2-4-11)5-7-17-8-6-12(18)16-14(17)21-9-13(19)20/h1-4,6,8H,5,7,9H2,(H,19,20). The molecular formula is C14H13FN2O3S. The summed E-state index contributed by atoms with van der Waals surface area (Å²) in [5, 5.41) is 9.06. The average Bonchev–Trinajstić information content (AvgIpc) is 2.45. The summed E-state index contributed by atoms with van der Waals surface area (Å²) in [5.41, 5.74) is 0.546. The van der Waals surface area contributed by atoms with Crippen molar-refractivity contribution in [3.05, 3.63) is 58.3 Å². The smallest absolute Gasteiger partial charge is 0.313 e.